The highest BCUT2D eigenvalue weighted by atomic mass is 19.1. The number of benzene rings is 1. The largest absolute Gasteiger partial charge is 0.384 e. The highest BCUT2D eigenvalue weighted by molar-refractivity contribution is 5.97. The van der Waals surface area contributed by atoms with Gasteiger partial charge in [-0.15, -0.1) is 0 Å². The summed E-state index contributed by atoms with van der Waals surface area (Å²) in [4.78, 5) is 24.7. The number of carbonyl (C=O) groups is 2. The fraction of sp³-hybridized carbons (Fsp3) is 0.286. The third kappa shape index (κ3) is 3.13. The number of hydrogen-bond acceptors (Lipinski definition) is 3. The number of amides is 2. The third-order valence-corrected chi connectivity index (χ3v) is 2.84. The van der Waals surface area contributed by atoms with E-state index in [9.17, 15) is 14.0 Å². The molecule has 0 aromatic heterocycles. The van der Waals surface area contributed by atoms with Gasteiger partial charge >= 0.3 is 0 Å². The van der Waals surface area contributed by atoms with E-state index in [1.807, 2.05) is 0 Å². The summed E-state index contributed by atoms with van der Waals surface area (Å²) in [5, 5.41) is 11.2. The van der Waals surface area contributed by atoms with Gasteiger partial charge in [0.2, 0.25) is 5.91 Å². The fourth-order valence-electron chi connectivity index (χ4n) is 1.88. The van der Waals surface area contributed by atoms with E-state index in [1.54, 1.807) is 0 Å². The Morgan fingerprint density at radius 1 is 1.50 bits per heavy atom. The van der Waals surface area contributed by atoms with Crippen molar-refractivity contribution in [1.82, 2.24) is 10.2 Å². The Morgan fingerprint density at radius 3 is 2.95 bits per heavy atom. The number of nitrogens with zero attached hydrogens (tertiary/aromatic N) is 1. The molecule has 0 radical (unpaired) electrons. The lowest BCUT2D eigenvalue weighted by molar-refractivity contribution is -0.123. The zero-order valence-corrected chi connectivity index (χ0v) is 10.6. The lowest BCUT2D eigenvalue weighted by atomic mass is 10.1. The van der Waals surface area contributed by atoms with Gasteiger partial charge in [-0.25, -0.2) is 4.39 Å². The van der Waals surface area contributed by atoms with Crippen molar-refractivity contribution >= 4 is 11.8 Å². The van der Waals surface area contributed by atoms with Crippen LogP contribution < -0.4 is 5.32 Å². The predicted molar refractivity (Wildman–Crippen MR) is 69.3 cm³/mol. The van der Waals surface area contributed by atoms with Crippen molar-refractivity contribution in [1.29, 1.82) is 0 Å². The Balaban J connectivity index is 2.18. The average molecular weight is 276 g/mol. The van der Waals surface area contributed by atoms with Crippen LogP contribution in [0, 0.1) is 17.7 Å². The van der Waals surface area contributed by atoms with E-state index in [4.69, 9.17) is 5.11 Å². The quantitative estimate of drug-likeness (QED) is 0.694. The number of piperazine rings is 1. The molecule has 1 heterocycles. The third-order valence-electron chi connectivity index (χ3n) is 2.84. The van der Waals surface area contributed by atoms with Crippen LogP contribution in [0.1, 0.15) is 15.9 Å². The van der Waals surface area contributed by atoms with Gasteiger partial charge in [-0.1, -0.05) is 11.8 Å². The molecule has 0 saturated carbocycles. The summed E-state index contributed by atoms with van der Waals surface area (Å²) in [6.45, 7) is 0.418. The Hall–Kier alpha value is -2.39. The van der Waals surface area contributed by atoms with Crippen LogP contribution in [0.3, 0.4) is 0 Å². The molecule has 1 aromatic carbocycles. The van der Waals surface area contributed by atoms with Crippen LogP contribution in [-0.4, -0.2) is 48.1 Å². The molecule has 1 aliphatic heterocycles. The molecule has 6 heteroatoms. The summed E-state index contributed by atoms with van der Waals surface area (Å²) in [6, 6.07) is 3.94. The second-order valence-corrected chi connectivity index (χ2v) is 4.23. The monoisotopic (exact) mass is 276 g/mol. The second kappa shape index (κ2) is 6.17. The normalized spacial score (nSPS) is 14.3. The number of nitrogens with one attached hydrogen (secondary N) is 1. The van der Waals surface area contributed by atoms with E-state index >= 15 is 0 Å². The van der Waals surface area contributed by atoms with Crippen molar-refractivity contribution in [3.8, 4) is 11.8 Å². The molecule has 0 bridgehead atoms. The maximum atomic E-state index is 13.7. The Labute approximate surface area is 115 Å². The van der Waals surface area contributed by atoms with Gasteiger partial charge in [-0.3, -0.25) is 9.59 Å². The average Bonchev–Trinajstić information content (AvgIpc) is 2.45. The van der Waals surface area contributed by atoms with Gasteiger partial charge in [0.15, 0.2) is 0 Å². The molecular weight excluding hydrogens is 263 g/mol. The predicted octanol–water partition coefficient (Wildman–Crippen LogP) is -0.258. The number of aliphatic hydroxyl groups is 1. The van der Waals surface area contributed by atoms with Crippen LogP contribution in [0.15, 0.2) is 18.2 Å². The number of carbonyl (C=O) groups excluding carboxylic acids is 2. The summed E-state index contributed by atoms with van der Waals surface area (Å²) in [6.07, 6.45) is 0. The van der Waals surface area contributed by atoms with Gasteiger partial charge < -0.3 is 15.3 Å². The van der Waals surface area contributed by atoms with Crippen LogP contribution in [-0.2, 0) is 4.79 Å². The Kier molecular flexibility index (Phi) is 4.33. The Morgan fingerprint density at radius 2 is 2.30 bits per heavy atom. The van der Waals surface area contributed by atoms with E-state index in [-0.39, 0.29) is 36.1 Å². The molecule has 2 rings (SSSR count). The van der Waals surface area contributed by atoms with Gasteiger partial charge in [0, 0.05) is 18.7 Å². The van der Waals surface area contributed by atoms with Crippen LogP contribution >= 0.6 is 0 Å². The first-order valence-corrected chi connectivity index (χ1v) is 6.07. The zero-order chi connectivity index (χ0) is 14.5. The zero-order valence-electron chi connectivity index (χ0n) is 10.6. The molecule has 0 unspecified atom stereocenters. The van der Waals surface area contributed by atoms with E-state index in [2.05, 4.69) is 17.2 Å². The second-order valence-electron chi connectivity index (χ2n) is 4.23. The topological polar surface area (TPSA) is 69.6 Å². The van der Waals surface area contributed by atoms with Crippen LogP contribution in [0.4, 0.5) is 4.39 Å². The maximum Gasteiger partial charge on any atom is 0.254 e. The SMILES string of the molecule is O=C1CN(C(=O)c2ccc(C#CCO)c(F)c2)CCN1. The minimum atomic E-state index is -0.627. The van der Waals surface area contributed by atoms with Crippen LogP contribution in [0.25, 0.3) is 0 Å². The molecule has 104 valence electrons. The van der Waals surface area contributed by atoms with Crippen molar-refractivity contribution in [3.05, 3.63) is 35.1 Å². The summed E-state index contributed by atoms with van der Waals surface area (Å²) >= 11 is 0. The molecule has 20 heavy (non-hydrogen) atoms. The van der Waals surface area contributed by atoms with Gasteiger partial charge in [0.1, 0.15) is 12.4 Å². The lowest BCUT2D eigenvalue weighted by Crippen LogP contribution is -2.49. The first-order valence-electron chi connectivity index (χ1n) is 6.07. The smallest absolute Gasteiger partial charge is 0.254 e. The van der Waals surface area contributed by atoms with E-state index in [0.717, 1.165) is 6.07 Å². The van der Waals surface area contributed by atoms with Crippen molar-refractivity contribution in [3.63, 3.8) is 0 Å². The maximum absolute atomic E-state index is 13.7. The van der Waals surface area contributed by atoms with Gasteiger partial charge in [-0.05, 0) is 18.2 Å². The molecule has 0 aliphatic carbocycles. The molecular formula is C14H13FN2O3. The standard InChI is InChI=1S/C14H13FN2O3/c15-12-8-11(4-3-10(12)2-1-7-18)14(20)17-6-5-16-13(19)9-17/h3-4,8,18H,5-7,9H2,(H,16,19). The minimum absolute atomic E-state index is 0.0213. The molecule has 0 atom stereocenters. The Bertz CT molecular complexity index is 604. The molecule has 0 spiro atoms. The first-order chi connectivity index (χ1) is 9.61. The number of hydrogen-bond donors (Lipinski definition) is 2. The molecule has 2 N–H and O–H groups in total. The van der Waals surface area contributed by atoms with Crippen molar-refractivity contribution in [2.75, 3.05) is 26.2 Å². The van der Waals surface area contributed by atoms with Gasteiger partial charge in [0.25, 0.3) is 5.91 Å². The highest BCUT2D eigenvalue weighted by Crippen LogP contribution is 2.12. The van der Waals surface area contributed by atoms with E-state index in [0.29, 0.717) is 13.1 Å². The molecule has 1 saturated heterocycles. The number of aliphatic hydroxyl groups excluding tert-OH is 1. The van der Waals surface area contributed by atoms with E-state index in [1.165, 1.54) is 17.0 Å². The van der Waals surface area contributed by atoms with Crippen molar-refractivity contribution in [2.24, 2.45) is 0 Å². The first kappa shape index (κ1) is 14.0. The number of halogens is 1. The lowest BCUT2D eigenvalue weighted by Gasteiger charge is -2.26. The molecule has 1 aliphatic rings. The molecule has 5 nitrogen and oxygen atoms in total. The van der Waals surface area contributed by atoms with Crippen molar-refractivity contribution < 1.29 is 19.1 Å². The summed E-state index contributed by atoms with van der Waals surface area (Å²) in [5.74, 6) is 3.55. The van der Waals surface area contributed by atoms with Crippen LogP contribution in [0.2, 0.25) is 0 Å². The van der Waals surface area contributed by atoms with Gasteiger partial charge in [0.05, 0.1) is 12.1 Å². The highest BCUT2D eigenvalue weighted by Gasteiger charge is 2.22. The minimum Gasteiger partial charge on any atom is -0.384 e. The van der Waals surface area contributed by atoms with E-state index < -0.39 is 5.82 Å². The van der Waals surface area contributed by atoms with Crippen LogP contribution in [0.5, 0.6) is 0 Å². The summed E-state index contributed by atoms with van der Waals surface area (Å²) in [5.41, 5.74) is 0.290. The van der Waals surface area contributed by atoms with Crippen molar-refractivity contribution in [2.45, 2.75) is 0 Å². The molecule has 2 amide bonds. The summed E-state index contributed by atoms with van der Waals surface area (Å²) < 4.78 is 13.7. The summed E-state index contributed by atoms with van der Waals surface area (Å²) in [7, 11) is 0. The number of rotatable bonds is 1. The van der Waals surface area contributed by atoms with Gasteiger partial charge in [-0.2, -0.15) is 0 Å². The fourth-order valence-corrected chi connectivity index (χ4v) is 1.88. The molecule has 1 aromatic rings. The molecule has 1 fully saturated rings.